The van der Waals surface area contributed by atoms with Crippen molar-refractivity contribution in [3.8, 4) is 11.1 Å². The number of nitrogens with one attached hydrogen (secondary N) is 1. The molecular formula is C23H21F3N4O. The topological polar surface area (TPSA) is 71.2 Å². The number of rotatable bonds is 4. The lowest BCUT2D eigenvalue weighted by atomic mass is 10.0. The molecule has 4 rings (SSSR count). The number of hydrogen-bond acceptors (Lipinski definition) is 4. The fraction of sp³-hybridized carbons (Fsp3) is 0.217. The molecule has 0 aliphatic carbocycles. The third-order valence-electron chi connectivity index (χ3n) is 5.27. The van der Waals surface area contributed by atoms with Gasteiger partial charge in [-0.15, -0.1) is 0 Å². The van der Waals surface area contributed by atoms with E-state index in [9.17, 15) is 13.6 Å². The van der Waals surface area contributed by atoms with Gasteiger partial charge in [-0.1, -0.05) is 18.2 Å². The van der Waals surface area contributed by atoms with E-state index in [2.05, 4.69) is 10.3 Å². The first kappa shape index (κ1) is 20.9. The standard InChI is InChI=1S/C23H21F3N4O/c24-17-8-2-9-18(25)20(17)15-6-1-7-16(21(15)26)23(31)29-19-10-3-11-28-22(19)30-12-4-5-14(27)13-30/h1-3,6-11,14H,4-5,12-13,27H2,(H,29,31)/t14-/m0/s1. The van der Waals surface area contributed by atoms with Crippen LogP contribution in [-0.2, 0) is 0 Å². The van der Waals surface area contributed by atoms with Gasteiger partial charge in [0.1, 0.15) is 17.5 Å². The van der Waals surface area contributed by atoms with Crippen LogP contribution in [0, 0.1) is 17.5 Å². The number of pyridine rings is 1. The zero-order chi connectivity index (χ0) is 22.0. The van der Waals surface area contributed by atoms with Crippen LogP contribution in [0.3, 0.4) is 0 Å². The molecule has 1 aromatic heterocycles. The molecule has 0 saturated carbocycles. The summed E-state index contributed by atoms with van der Waals surface area (Å²) >= 11 is 0. The molecule has 1 aliphatic heterocycles. The number of benzene rings is 2. The highest BCUT2D eigenvalue weighted by atomic mass is 19.1. The second-order valence-corrected chi connectivity index (χ2v) is 7.44. The van der Waals surface area contributed by atoms with Gasteiger partial charge in [-0.2, -0.15) is 0 Å². The predicted octanol–water partition coefficient (Wildman–Crippen LogP) is 4.35. The van der Waals surface area contributed by atoms with E-state index in [0.29, 0.717) is 18.1 Å². The number of piperidine rings is 1. The van der Waals surface area contributed by atoms with Gasteiger partial charge in [-0.05, 0) is 43.2 Å². The van der Waals surface area contributed by atoms with Crippen molar-refractivity contribution >= 4 is 17.4 Å². The minimum atomic E-state index is -1.01. The smallest absolute Gasteiger partial charge is 0.258 e. The Bertz CT molecular complexity index is 1100. The van der Waals surface area contributed by atoms with Crippen molar-refractivity contribution in [3.63, 3.8) is 0 Å². The fourth-order valence-electron chi connectivity index (χ4n) is 3.79. The Hall–Kier alpha value is -3.39. The molecule has 0 radical (unpaired) electrons. The number of carbonyl (C=O) groups is 1. The summed E-state index contributed by atoms with van der Waals surface area (Å²) in [5.41, 5.74) is 5.29. The number of hydrogen-bond donors (Lipinski definition) is 2. The zero-order valence-electron chi connectivity index (χ0n) is 16.6. The van der Waals surface area contributed by atoms with Crippen molar-refractivity contribution < 1.29 is 18.0 Å². The Labute approximate surface area is 177 Å². The molecule has 2 aromatic carbocycles. The van der Waals surface area contributed by atoms with Crippen LogP contribution >= 0.6 is 0 Å². The molecule has 5 nitrogen and oxygen atoms in total. The first-order valence-electron chi connectivity index (χ1n) is 9.95. The lowest BCUT2D eigenvalue weighted by Crippen LogP contribution is -2.43. The van der Waals surface area contributed by atoms with Gasteiger partial charge in [0, 0.05) is 30.9 Å². The van der Waals surface area contributed by atoms with Crippen molar-refractivity contribution in [1.82, 2.24) is 4.98 Å². The van der Waals surface area contributed by atoms with Crippen LogP contribution in [0.15, 0.2) is 54.7 Å². The number of nitrogens with two attached hydrogens (primary N) is 1. The van der Waals surface area contributed by atoms with Crippen molar-refractivity contribution in [3.05, 3.63) is 77.7 Å². The first-order chi connectivity index (χ1) is 15.0. The zero-order valence-corrected chi connectivity index (χ0v) is 16.6. The molecule has 3 N–H and O–H groups in total. The van der Waals surface area contributed by atoms with Gasteiger partial charge >= 0.3 is 0 Å². The monoisotopic (exact) mass is 426 g/mol. The third-order valence-corrected chi connectivity index (χ3v) is 5.27. The minimum Gasteiger partial charge on any atom is -0.353 e. The normalized spacial score (nSPS) is 16.3. The van der Waals surface area contributed by atoms with E-state index in [0.717, 1.165) is 31.5 Å². The molecule has 1 amide bonds. The van der Waals surface area contributed by atoms with Crippen molar-refractivity contribution in [2.24, 2.45) is 5.73 Å². The second-order valence-electron chi connectivity index (χ2n) is 7.44. The van der Waals surface area contributed by atoms with Crippen LogP contribution in [0.5, 0.6) is 0 Å². The van der Waals surface area contributed by atoms with E-state index in [1.54, 1.807) is 18.3 Å². The van der Waals surface area contributed by atoms with Crippen LogP contribution in [0.2, 0.25) is 0 Å². The Kier molecular flexibility index (Phi) is 5.90. The Morgan fingerprint density at radius 3 is 2.55 bits per heavy atom. The maximum absolute atomic E-state index is 15.1. The Morgan fingerprint density at radius 2 is 1.81 bits per heavy atom. The van der Waals surface area contributed by atoms with Crippen LogP contribution in [-0.4, -0.2) is 30.0 Å². The Balaban J connectivity index is 1.65. The summed E-state index contributed by atoms with van der Waals surface area (Å²) in [6.45, 7) is 1.33. The highest BCUT2D eigenvalue weighted by Crippen LogP contribution is 2.31. The third kappa shape index (κ3) is 4.25. The van der Waals surface area contributed by atoms with E-state index in [1.807, 2.05) is 4.90 Å². The molecule has 0 bridgehead atoms. The second kappa shape index (κ2) is 8.77. The number of aromatic nitrogens is 1. The number of halogens is 3. The summed E-state index contributed by atoms with van der Waals surface area (Å²) < 4.78 is 43.5. The van der Waals surface area contributed by atoms with Crippen molar-refractivity contribution in [2.75, 3.05) is 23.3 Å². The molecule has 0 spiro atoms. The lowest BCUT2D eigenvalue weighted by Gasteiger charge is -2.32. The van der Waals surface area contributed by atoms with Gasteiger partial charge in [0.25, 0.3) is 5.91 Å². The first-order valence-corrected chi connectivity index (χ1v) is 9.95. The largest absolute Gasteiger partial charge is 0.353 e. The van der Waals surface area contributed by atoms with E-state index in [-0.39, 0.29) is 17.2 Å². The van der Waals surface area contributed by atoms with Gasteiger partial charge in [0.15, 0.2) is 5.82 Å². The van der Waals surface area contributed by atoms with E-state index in [4.69, 9.17) is 5.73 Å². The number of anilines is 2. The summed E-state index contributed by atoms with van der Waals surface area (Å²) in [5.74, 6) is -3.02. The van der Waals surface area contributed by atoms with Gasteiger partial charge in [0.05, 0.1) is 16.8 Å². The maximum atomic E-state index is 15.1. The minimum absolute atomic E-state index is 0.00380. The van der Waals surface area contributed by atoms with Crippen LogP contribution in [0.25, 0.3) is 11.1 Å². The molecule has 1 aliphatic rings. The highest BCUT2D eigenvalue weighted by molar-refractivity contribution is 6.06. The maximum Gasteiger partial charge on any atom is 0.258 e. The molecule has 2 heterocycles. The highest BCUT2D eigenvalue weighted by Gasteiger charge is 2.23. The summed E-state index contributed by atoms with van der Waals surface area (Å²) in [6, 6.07) is 10.5. The van der Waals surface area contributed by atoms with Gasteiger partial charge < -0.3 is 16.0 Å². The number of nitrogens with zero attached hydrogens (tertiary/aromatic N) is 2. The molecule has 160 valence electrons. The van der Waals surface area contributed by atoms with Crippen LogP contribution in [0.4, 0.5) is 24.7 Å². The average Bonchev–Trinajstić information content (AvgIpc) is 2.75. The van der Waals surface area contributed by atoms with Crippen LogP contribution in [0.1, 0.15) is 23.2 Å². The molecule has 8 heteroatoms. The number of amides is 1. The fourth-order valence-corrected chi connectivity index (χ4v) is 3.79. The number of carbonyl (C=O) groups excluding carboxylic acids is 1. The SMILES string of the molecule is N[C@H]1CCCN(c2ncccc2NC(=O)c2cccc(-c3c(F)cccc3F)c2F)C1. The Morgan fingerprint density at radius 1 is 1.06 bits per heavy atom. The molecule has 0 unspecified atom stereocenters. The van der Waals surface area contributed by atoms with E-state index < -0.39 is 28.9 Å². The lowest BCUT2D eigenvalue weighted by molar-refractivity contribution is 0.102. The van der Waals surface area contributed by atoms with Crippen molar-refractivity contribution in [1.29, 1.82) is 0 Å². The molecule has 3 aromatic rings. The van der Waals surface area contributed by atoms with Crippen molar-refractivity contribution in [2.45, 2.75) is 18.9 Å². The summed E-state index contributed by atoms with van der Waals surface area (Å²) in [6.07, 6.45) is 3.42. The molecule has 1 saturated heterocycles. The summed E-state index contributed by atoms with van der Waals surface area (Å²) in [4.78, 5) is 19.2. The molecule has 1 fully saturated rings. The molecule has 1 atom stereocenters. The van der Waals surface area contributed by atoms with Gasteiger partial charge in [-0.3, -0.25) is 4.79 Å². The summed E-state index contributed by atoms with van der Waals surface area (Å²) in [7, 11) is 0. The van der Waals surface area contributed by atoms with Gasteiger partial charge in [-0.25, -0.2) is 18.2 Å². The summed E-state index contributed by atoms with van der Waals surface area (Å²) in [5, 5.41) is 2.68. The van der Waals surface area contributed by atoms with E-state index in [1.165, 1.54) is 24.3 Å². The average molecular weight is 426 g/mol. The van der Waals surface area contributed by atoms with E-state index >= 15 is 4.39 Å². The van der Waals surface area contributed by atoms with Gasteiger partial charge in [0.2, 0.25) is 0 Å². The van der Waals surface area contributed by atoms with Crippen LogP contribution < -0.4 is 16.0 Å². The quantitative estimate of drug-likeness (QED) is 0.651. The molecule has 31 heavy (non-hydrogen) atoms. The molecular weight excluding hydrogens is 405 g/mol. The predicted molar refractivity (Wildman–Crippen MR) is 113 cm³/mol.